The van der Waals surface area contributed by atoms with Crippen LogP contribution >= 0.6 is 27.5 Å². The molecule has 12 heteroatoms. The highest BCUT2D eigenvalue weighted by atomic mass is 79.9. The van der Waals surface area contributed by atoms with Gasteiger partial charge in [-0.3, -0.25) is 4.90 Å². The van der Waals surface area contributed by atoms with Crippen LogP contribution < -0.4 is 14.4 Å². The van der Waals surface area contributed by atoms with E-state index in [1.807, 2.05) is 0 Å². The first-order valence-electron chi connectivity index (χ1n) is 10.8. The third-order valence-corrected chi connectivity index (χ3v) is 8.06. The zero-order chi connectivity index (χ0) is 23.5. The summed E-state index contributed by atoms with van der Waals surface area (Å²) in [5, 5.41) is 0.0911. The van der Waals surface area contributed by atoms with Crippen molar-refractivity contribution >= 4 is 44.3 Å². The molecule has 2 fully saturated rings. The van der Waals surface area contributed by atoms with Gasteiger partial charge in [0.1, 0.15) is 35.7 Å². The zero-order valence-electron chi connectivity index (χ0n) is 17.8. The van der Waals surface area contributed by atoms with Crippen molar-refractivity contribution in [1.29, 1.82) is 0 Å². The molecule has 3 aliphatic heterocycles. The van der Waals surface area contributed by atoms with Gasteiger partial charge in [0.05, 0.1) is 28.0 Å². The molecule has 0 amide bonds. The maximum absolute atomic E-state index is 15.2. The van der Waals surface area contributed by atoms with Crippen LogP contribution in [0.1, 0.15) is 26.2 Å². The molecule has 1 aromatic heterocycles. The number of fused-ring (bicyclic) bond motifs is 1. The van der Waals surface area contributed by atoms with Gasteiger partial charge in [-0.1, -0.05) is 11.6 Å². The first-order valence-corrected chi connectivity index (χ1v) is 11.9. The Hall–Kier alpha value is -1.59. The molecule has 5 rings (SSSR count). The predicted octanol–water partition coefficient (Wildman–Crippen LogP) is 4.99. The van der Waals surface area contributed by atoms with E-state index in [4.69, 9.17) is 21.1 Å². The summed E-state index contributed by atoms with van der Waals surface area (Å²) in [5.74, 6) is -0.575. The Bertz CT molecular complexity index is 1100. The second kappa shape index (κ2) is 8.57. The maximum Gasteiger partial charge on any atom is 0.319 e. The number of hydrogen-bond donors (Lipinski definition) is 0. The molecule has 180 valence electrons. The second-order valence-electron chi connectivity index (χ2n) is 8.89. The first kappa shape index (κ1) is 23.2. The van der Waals surface area contributed by atoms with Crippen LogP contribution in [-0.2, 0) is 0 Å². The third-order valence-electron chi connectivity index (χ3n) is 6.73. The van der Waals surface area contributed by atoms with Crippen molar-refractivity contribution in [3.63, 3.8) is 0 Å². The summed E-state index contributed by atoms with van der Waals surface area (Å²) in [7, 11) is 0. The van der Waals surface area contributed by atoms with Gasteiger partial charge >= 0.3 is 6.01 Å². The number of aromatic nitrogens is 2. The van der Waals surface area contributed by atoms with Crippen molar-refractivity contribution in [3.8, 4) is 11.8 Å². The van der Waals surface area contributed by atoms with Crippen LogP contribution in [0.15, 0.2) is 4.47 Å². The number of benzene rings is 1. The summed E-state index contributed by atoms with van der Waals surface area (Å²) < 4.78 is 67.8. The van der Waals surface area contributed by atoms with Crippen molar-refractivity contribution in [3.05, 3.63) is 15.3 Å². The van der Waals surface area contributed by atoms with Gasteiger partial charge in [0, 0.05) is 13.0 Å². The second-order valence-corrected chi connectivity index (χ2v) is 10.1. The Kier molecular flexibility index (Phi) is 6.01. The van der Waals surface area contributed by atoms with Gasteiger partial charge in [-0.15, -0.1) is 0 Å². The van der Waals surface area contributed by atoms with E-state index in [9.17, 15) is 13.2 Å². The van der Waals surface area contributed by atoms with Gasteiger partial charge in [0.25, 0.3) is 6.43 Å². The van der Waals surface area contributed by atoms with E-state index in [-0.39, 0.29) is 51.2 Å². The minimum atomic E-state index is -2.66. The molecule has 0 spiro atoms. The zero-order valence-corrected chi connectivity index (χ0v) is 20.1. The molecule has 2 saturated heterocycles. The normalized spacial score (nSPS) is 27.2. The summed E-state index contributed by atoms with van der Waals surface area (Å²) in [6, 6.07) is -0.658. The van der Waals surface area contributed by atoms with Gasteiger partial charge in [0.2, 0.25) is 0 Å². The fraction of sp³-hybridized carbons (Fsp3) is 0.619. The lowest BCUT2D eigenvalue weighted by atomic mass is 9.95. The molecular formula is C21H22BrClF4N4O2. The highest BCUT2D eigenvalue weighted by molar-refractivity contribution is 9.10. The van der Waals surface area contributed by atoms with Gasteiger partial charge < -0.3 is 14.4 Å². The number of hydrogen-bond acceptors (Lipinski definition) is 6. The average Bonchev–Trinajstić information content (AvgIpc) is 3.25. The minimum absolute atomic E-state index is 0.0231. The molecule has 3 atom stereocenters. The fourth-order valence-electron chi connectivity index (χ4n) is 5.18. The molecule has 4 heterocycles. The molecule has 0 saturated carbocycles. The van der Waals surface area contributed by atoms with Gasteiger partial charge in [-0.05, 0) is 42.2 Å². The molecule has 0 bridgehead atoms. The van der Waals surface area contributed by atoms with Gasteiger partial charge in [0.15, 0.2) is 11.6 Å². The molecule has 0 N–H and O–H groups in total. The van der Waals surface area contributed by atoms with E-state index in [0.29, 0.717) is 13.0 Å². The van der Waals surface area contributed by atoms with Crippen LogP contribution in [0.3, 0.4) is 0 Å². The average molecular weight is 554 g/mol. The van der Waals surface area contributed by atoms with E-state index >= 15 is 4.39 Å². The summed E-state index contributed by atoms with van der Waals surface area (Å²) in [4.78, 5) is 12.1. The minimum Gasteiger partial charge on any atom is -0.489 e. The van der Waals surface area contributed by atoms with E-state index in [1.54, 1.807) is 6.92 Å². The number of anilines is 1. The fourth-order valence-corrected chi connectivity index (χ4v) is 5.78. The summed E-state index contributed by atoms with van der Waals surface area (Å²) in [6.45, 7) is 2.38. The lowest BCUT2D eigenvalue weighted by molar-refractivity contribution is 0.107. The van der Waals surface area contributed by atoms with E-state index < -0.39 is 36.5 Å². The number of halogens is 6. The van der Waals surface area contributed by atoms with Crippen molar-refractivity contribution in [2.45, 2.75) is 50.4 Å². The molecule has 1 aromatic carbocycles. The van der Waals surface area contributed by atoms with Crippen LogP contribution in [0.25, 0.3) is 10.9 Å². The Morgan fingerprint density at radius 1 is 1.36 bits per heavy atom. The Labute approximate surface area is 201 Å². The SMILES string of the molecule is CC1COc2c(Cl)c(Br)c(F)c3nc(OC[C@@]45CCCN4C[C@H](F)C5)nc(c23)N1CC(F)F. The number of rotatable bonds is 5. The molecule has 3 aliphatic rings. The van der Waals surface area contributed by atoms with Crippen LogP contribution in [0.5, 0.6) is 11.8 Å². The highest BCUT2D eigenvalue weighted by Crippen LogP contribution is 2.47. The van der Waals surface area contributed by atoms with Crippen LogP contribution in [0, 0.1) is 5.82 Å². The van der Waals surface area contributed by atoms with Crippen LogP contribution in [0.2, 0.25) is 5.02 Å². The van der Waals surface area contributed by atoms with E-state index in [1.165, 1.54) is 4.90 Å². The van der Waals surface area contributed by atoms with Crippen molar-refractivity contribution < 1.29 is 27.0 Å². The van der Waals surface area contributed by atoms with E-state index in [0.717, 1.165) is 19.4 Å². The number of nitrogens with zero attached hydrogens (tertiary/aromatic N) is 4. The Balaban J connectivity index is 1.60. The Morgan fingerprint density at radius 2 is 2.15 bits per heavy atom. The monoisotopic (exact) mass is 552 g/mol. The third kappa shape index (κ3) is 3.89. The molecule has 33 heavy (non-hydrogen) atoms. The number of alkyl halides is 3. The molecule has 0 aliphatic carbocycles. The largest absolute Gasteiger partial charge is 0.489 e. The first-order chi connectivity index (χ1) is 15.7. The highest BCUT2D eigenvalue weighted by Gasteiger charge is 2.49. The summed E-state index contributed by atoms with van der Waals surface area (Å²) in [5.41, 5.74) is -0.611. The smallest absolute Gasteiger partial charge is 0.319 e. The lowest BCUT2D eigenvalue weighted by Crippen LogP contribution is -2.43. The van der Waals surface area contributed by atoms with Crippen molar-refractivity contribution in [2.75, 3.05) is 37.7 Å². The van der Waals surface area contributed by atoms with Gasteiger partial charge in [-0.2, -0.15) is 9.97 Å². The quantitative estimate of drug-likeness (QED) is 0.384. The predicted molar refractivity (Wildman–Crippen MR) is 119 cm³/mol. The molecule has 6 nitrogen and oxygen atoms in total. The Morgan fingerprint density at radius 3 is 2.91 bits per heavy atom. The molecule has 2 aromatic rings. The van der Waals surface area contributed by atoms with Crippen LogP contribution in [0.4, 0.5) is 23.4 Å². The van der Waals surface area contributed by atoms with Crippen LogP contribution in [-0.4, -0.2) is 71.9 Å². The maximum atomic E-state index is 15.2. The number of ether oxygens (including phenoxy) is 2. The lowest BCUT2D eigenvalue weighted by Gasteiger charge is -2.31. The summed E-state index contributed by atoms with van der Waals surface area (Å²) in [6.07, 6.45) is -1.55. The standard InChI is InChI=1S/C21H22BrClF4N4O2/c1-10-8-32-18-13-17(16(27)14(22)15(18)23)28-20(29-19(13)31(10)7-12(25)26)33-9-21-3-2-4-30(21)6-11(24)5-21/h10-12H,2-9H2,1H3/t10?,11-,21+/m1/s1. The molecule has 0 radical (unpaired) electrons. The summed E-state index contributed by atoms with van der Waals surface area (Å²) >= 11 is 9.44. The van der Waals surface area contributed by atoms with Gasteiger partial charge in [-0.25, -0.2) is 17.6 Å². The van der Waals surface area contributed by atoms with E-state index in [2.05, 4.69) is 30.8 Å². The molecule has 1 unspecified atom stereocenters. The topological polar surface area (TPSA) is 50.7 Å². The van der Waals surface area contributed by atoms with Crippen molar-refractivity contribution in [2.24, 2.45) is 0 Å². The molecular weight excluding hydrogens is 532 g/mol. The van der Waals surface area contributed by atoms with Crippen molar-refractivity contribution in [1.82, 2.24) is 14.9 Å².